The Hall–Kier alpha value is -2.18. The van der Waals surface area contributed by atoms with E-state index >= 15 is 0 Å². The van der Waals surface area contributed by atoms with Crippen molar-refractivity contribution in [2.24, 2.45) is 0 Å². The first kappa shape index (κ1) is 18.6. The van der Waals surface area contributed by atoms with Crippen LogP contribution in [-0.4, -0.2) is 20.4 Å². The molecule has 1 amide bonds. The van der Waals surface area contributed by atoms with Crippen LogP contribution in [0.4, 0.5) is 5.69 Å². The lowest BCUT2D eigenvalue weighted by Gasteiger charge is -2.13. The summed E-state index contributed by atoms with van der Waals surface area (Å²) in [5, 5.41) is 2.82. The Bertz CT molecular complexity index is 853. The topological polar surface area (TPSA) is 75.3 Å². The van der Waals surface area contributed by atoms with Gasteiger partial charge >= 0.3 is 0 Å². The van der Waals surface area contributed by atoms with Crippen LogP contribution < -0.4 is 10.0 Å². The molecule has 5 nitrogen and oxygen atoms in total. The largest absolute Gasteiger partial charge is 0.322 e. The zero-order valence-corrected chi connectivity index (χ0v) is 15.7. The molecule has 1 saturated carbocycles. The Morgan fingerprint density at radius 2 is 1.62 bits per heavy atom. The van der Waals surface area contributed by atoms with Gasteiger partial charge in [-0.1, -0.05) is 31.9 Å². The maximum absolute atomic E-state index is 12.4. The van der Waals surface area contributed by atoms with Crippen molar-refractivity contribution in [1.29, 1.82) is 0 Å². The molecule has 2 aromatic rings. The molecule has 0 unspecified atom stereocenters. The van der Waals surface area contributed by atoms with Crippen molar-refractivity contribution >= 4 is 21.6 Å². The second-order valence-electron chi connectivity index (χ2n) is 6.63. The van der Waals surface area contributed by atoms with E-state index < -0.39 is 10.0 Å². The average Bonchev–Trinajstić information content (AvgIpc) is 3.14. The van der Waals surface area contributed by atoms with Crippen LogP contribution in [0.2, 0.25) is 0 Å². The first-order valence-corrected chi connectivity index (χ1v) is 10.5. The van der Waals surface area contributed by atoms with Gasteiger partial charge < -0.3 is 5.32 Å². The van der Waals surface area contributed by atoms with Crippen molar-refractivity contribution in [3.05, 3.63) is 59.7 Å². The smallest absolute Gasteiger partial charge is 0.255 e. The number of carbonyl (C=O) groups excluding carboxylic acids is 1. The van der Waals surface area contributed by atoms with Crippen LogP contribution in [0.3, 0.4) is 0 Å². The summed E-state index contributed by atoms with van der Waals surface area (Å²) < 4.78 is 27.6. The molecule has 2 N–H and O–H groups in total. The predicted octanol–water partition coefficient (Wildman–Crippen LogP) is 3.72. The van der Waals surface area contributed by atoms with Gasteiger partial charge in [-0.25, -0.2) is 13.1 Å². The number of hydrogen-bond acceptors (Lipinski definition) is 3. The molecule has 0 radical (unpaired) electrons. The van der Waals surface area contributed by atoms with Gasteiger partial charge in [0.05, 0.1) is 4.90 Å². The predicted molar refractivity (Wildman–Crippen MR) is 103 cm³/mol. The summed E-state index contributed by atoms with van der Waals surface area (Å²) in [6.45, 7) is 2.07. The van der Waals surface area contributed by atoms with Crippen molar-refractivity contribution in [3.63, 3.8) is 0 Å². The van der Waals surface area contributed by atoms with E-state index in [0.29, 0.717) is 11.3 Å². The lowest BCUT2D eigenvalue weighted by atomic mass is 10.1. The third-order valence-corrected chi connectivity index (χ3v) is 6.26. The molecule has 0 aromatic heterocycles. The number of amides is 1. The summed E-state index contributed by atoms with van der Waals surface area (Å²) in [5.74, 6) is -0.262. The van der Waals surface area contributed by atoms with E-state index in [1.807, 2.05) is 24.3 Å². The highest BCUT2D eigenvalue weighted by molar-refractivity contribution is 7.89. The van der Waals surface area contributed by atoms with Crippen molar-refractivity contribution in [2.75, 3.05) is 5.32 Å². The zero-order valence-electron chi connectivity index (χ0n) is 14.9. The van der Waals surface area contributed by atoms with E-state index in [1.54, 1.807) is 12.1 Å². The molecule has 0 atom stereocenters. The van der Waals surface area contributed by atoms with E-state index in [2.05, 4.69) is 17.0 Å². The van der Waals surface area contributed by atoms with Crippen LogP contribution in [0, 0.1) is 0 Å². The summed E-state index contributed by atoms with van der Waals surface area (Å²) in [6, 6.07) is 13.7. The molecule has 26 heavy (non-hydrogen) atoms. The van der Waals surface area contributed by atoms with Crippen LogP contribution in [0.15, 0.2) is 53.4 Å². The molecule has 1 aliphatic carbocycles. The molecular formula is C20H24N2O3S. The summed E-state index contributed by atoms with van der Waals surface area (Å²) in [7, 11) is -3.53. The quantitative estimate of drug-likeness (QED) is 0.811. The van der Waals surface area contributed by atoms with Gasteiger partial charge in [0.25, 0.3) is 5.91 Å². The number of sulfonamides is 1. The molecule has 0 heterocycles. The Morgan fingerprint density at radius 1 is 1.00 bits per heavy atom. The van der Waals surface area contributed by atoms with Crippen LogP contribution in [-0.2, 0) is 16.4 Å². The summed E-state index contributed by atoms with van der Waals surface area (Å²) in [4.78, 5) is 12.5. The van der Waals surface area contributed by atoms with Crippen molar-refractivity contribution in [3.8, 4) is 0 Å². The molecule has 0 spiro atoms. The van der Waals surface area contributed by atoms with Gasteiger partial charge in [0, 0.05) is 17.3 Å². The normalized spacial score (nSPS) is 15.1. The monoisotopic (exact) mass is 372 g/mol. The number of benzene rings is 2. The SMILES string of the molecule is CCc1ccc(NC(=O)c2ccc(S(=O)(=O)NC3CCCC3)cc2)cc1. The zero-order chi connectivity index (χ0) is 18.6. The van der Waals surface area contributed by atoms with Gasteiger partial charge in [-0.3, -0.25) is 4.79 Å². The summed E-state index contributed by atoms with van der Waals surface area (Å²) in [6.07, 6.45) is 4.84. The molecule has 0 bridgehead atoms. The van der Waals surface area contributed by atoms with E-state index in [0.717, 1.165) is 32.1 Å². The van der Waals surface area contributed by atoms with Gasteiger partial charge in [-0.05, 0) is 61.2 Å². The van der Waals surface area contributed by atoms with Crippen LogP contribution in [0.25, 0.3) is 0 Å². The third-order valence-electron chi connectivity index (χ3n) is 4.72. The fraction of sp³-hybridized carbons (Fsp3) is 0.350. The highest BCUT2D eigenvalue weighted by Gasteiger charge is 2.23. The molecule has 1 fully saturated rings. The Morgan fingerprint density at radius 3 is 2.19 bits per heavy atom. The Labute approximate surface area is 154 Å². The lowest BCUT2D eigenvalue weighted by molar-refractivity contribution is 0.102. The number of carbonyl (C=O) groups is 1. The van der Waals surface area contributed by atoms with E-state index in [-0.39, 0.29) is 16.8 Å². The van der Waals surface area contributed by atoms with Gasteiger partial charge in [-0.2, -0.15) is 0 Å². The van der Waals surface area contributed by atoms with Gasteiger partial charge in [0.15, 0.2) is 0 Å². The third kappa shape index (κ3) is 4.51. The molecular weight excluding hydrogens is 348 g/mol. The molecule has 1 aliphatic rings. The number of anilines is 1. The van der Waals surface area contributed by atoms with Crippen molar-refractivity contribution < 1.29 is 13.2 Å². The fourth-order valence-corrected chi connectivity index (χ4v) is 4.45. The Balaban J connectivity index is 1.66. The van der Waals surface area contributed by atoms with E-state index in [4.69, 9.17) is 0 Å². The number of aryl methyl sites for hydroxylation is 1. The van der Waals surface area contributed by atoms with Gasteiger partial charge in [0.1, 0.15) is 0 Å². The highest BCUT2D eigenvalue weighted by atomic mass is 32.2. The second-order valence-corrected chi connectivity index (χ2v) is 8.35. The number of nitrogens with one attached hydrogen (secondary N) is 2. The summed E-state index contributed by atoms with van der Waals surface area (Å²) >= 11 is 0. The van der Waals surface area contributed by atoms with Crippen molar-refractivity contribution in [1.82, 2.24) is 4.72 Å². The second kappa shape index (κ2) is 8.01. The van der Waals surface area contributed by atoms with Crippen LogP contribution in [0.5, 0.6) is 0 Å². The average molecular weight is 372 g/mol. The number of hydrogen-bond donors (Lipinski definition) is 2. The standard InChI is InChI=1S/C20H24N2O3S/c1-2-15-7-11-17(12-8-15)21-20(23)16-9-13-19(14-10-16)26(24,25)22-18-5-3-4-6-18/h7-14,18,22H,2-6H2,1H3,(H,21,23). The van der Waals surface area contributed by atoms with Crippen molar-refractivity contribution in [2.45, 2.75) is 50.0 Å². The molecule has 0 saturated heterocycles. The first-order valence-electron chi connectivity index (χ1n) is 9.00. The Kier molecular flexibility index (Phi) is 5.74. The molecule has 0 aliphatic heterocycles. The minimum Gasteiger partial charge on any atom is -0.322 e. The molecule has 138 valence electrons. The highest BCUT2D eigenvalue weighted by Crippen LogP contribution is 2.21. The van der Waals surface area contributed by atoms with Gasteiger partial charge in [0.2, 0.25) is 10.0 Å². The van der Waals surface area contributed by atoms with Crippen LogP contribution in [0.1, 0.15) is 48.5 Å². The van der Waals surface area contributed by atoms with E-state index in [1.165, 1.54) is 17.7 Å². The van der Waals surface area contributed by atoms with Gasteiger partial charge in [-0.15, -0.1) is 0 Å². The first-order chi connectivity index (χ1) is 12.5. The van der Waals surface area contributed by atoms with Crippen LogP contribution >= 0.6 is 0 Å². The molecule has 3 rings (SSSR count). The molecule has 6 heteroatoms. The number of rotatable bonds is 6. The minimum atomic E-state index is -3.53. The van der Waals surface area contributed by atoms with E-state index in [9.17, 15) is 13.2 Å². The minimum absolute atomic E-state index is 0.0223. The molecule has 2 aromatic carbocycles. The fourth-order valence-electron chi connectivity index (χ4n) is 3.14. The maximum Gasteiger partial charge on any atom is 0.255 e. The lowest BCUT2D eigenvalue weighted by Crippen LogP contribution is -2.32. The summed E-state index contributed by atoms with van der Waals surface area (Å²) in [5.41, 5.74) is 2.34. The maximum atomic E-state index is 12.4.